The minimum atomic E-state index is -0.419. The number of ether oxygens (including phenoxy) is 1. The predicted molar refractivity (Wildman–Crippen MR) is 54.9 cm³/mol. The van der Waals surface area contributed by atoms with E-state index in [0.717, 1.165) is 5.56 Å². The molecule has 2 heteroatoms. The molecular weight excluding hydrogens is 176 g/mol. The molecule has 2 rings (SSSR count). The Kier molecular flexibility index (Phi) is 2.66. The van der Waals surface area contributed by atoms with Crippen LogP contribution in [0.2, 0.25) is 0 Å². The van der Waals surface area contributed by atoms with E-state index < -0.39 is 6.10 Å². The van der Waals surface area contributed by atoms with Crippen LogP contribution >= 0.6 is 0 Å². The van der Waals surface area contributed by atoms with E-state index in [-0.39, 0.29) is 12.2 Å². The van der Waals surface area contributed by atoms with E-state index in [1.54, 1.807) is 6.08 Å². The second-order valence-corrected chi connectivity index (χ2v) is 3.52. The van der Waals surface area contributed by atoms with E-state index in [9.17, 15) is 5.11 Å². The zero-order valence-corrected chi connectivity index (χ0v) is 7.97. The van der Waals surface area contributed by atoms with Crippen molar-refractivity contribution in [3.05, 3.63) is 48.6 Å². The number of rotatable bonds is 4. The zero-order valence-electron chi connectivity index (χ0n) is 7.97. The average molecular weight is 190 g/mol. The molecule has 3 atom stereocenters. The van der Waals surface area contributed by atoms with E-state index in [0.29, 0.717) is 6.42 Å². The molecule has 0 aromatic heterocycles. The summed E-state index contributed by atoms with van der Waals surface area (Å²) in [6.07, 6.45) is 1.92. The second kappa shape index (κ2) is 3.95. The molecule has 74 valence electrons. The molecular formula is C12H14O2. The molecule has 1 aliphatic heterocycles. The summed E-state index contributed by atoms with van der Waals surface area (Å²) in [5, 5.41) is 9.62. The second-order valence-electron chi connectivity index (χ2n) is 3.52. The normalized spacial score (nSPS) is 26.9. The fourth-order valence-electron chi connectivity index (χ4n) is 1.63. The summed E-state index contributed by atoms with van der Waals surface area (Å²) < 4.78 is 5.42. The Morgan fingerprint density at radius 3 is 2.79 bits per heavy atom. The Morgan fingerprint density at radius 2 is 2.14 bits per heavy atom. The van der Waals surface area contributed by atoms with E-state index in [2.05, 4.69) is 6.58 Å². The molecule has 0 aliphatic carbocycles. The largest absolute Gasteiger partial charge is 0.390 e. The first-order chi connectivity index (χ1) is 6.83. The van der Waals surface area contributed by atoms with Crippen LogP contribution in [0.1, 0.15) is 18.1 Å². The first kappa shape index (κ1) is 9.44. The van der Waals surface area contributed by atoms with Gasteiger partial charge in [-0.3, -0.25) is 0 Å². The van der Waals surface area contributed by atoms with Gasteiger partial charge < -0.3 is 9.84 Å². The lowest BCUT2D eigenvalue weighted by Crippen LogP contribution is -2.13. The quantitative estimate of drug-likeness (QED) is 0.582. The van der Waals surface area contributed by atoms with Crippen LogP contribution in [0.5, 0.6) is 0 Å². The summed E-state index contributed by atoms with van der Waals surface area (Å²) in [6.45, 7) is 3.59. The molecule has 1 aromatic rings. The number of benzene rings is 1. The van der Waals surface area contributed by atoms with Crippen LogP contribution in [0, 0.1) is 0 Å². The van der Waals surface area contributed by atoms with Gasteiger partial charge in [-0.25, -0.2) is 0 Å². The lowest BCUT2D eigenvalue weighted by Gasteiger charge is -2.02. The van der Waals surface area contributed by atoms with Gasteiger partial charge in [0.05, 0.1) is 6.10 Å². The first-order valence-electron chi connectivity index (χ1n) is 4.82. The smallest absolute Gasteiger partial charge is 0.115 e. The molecule has 0 spiro atoms. The van der Waals surface area contributed by atoms with Crippen molar-refractivity contribution in [2.45, 2.75) is 24.7 Å². The third-order valence-electron chi connectivity index (χ3n) is 2.44. The molecule has 14 heavy (non-hydrogen) atoms. The van der Waals surface area contributed by atoms with Crippen molar-refractivity contribution < 1.29 is 9.84 Å². The Morgan fingerprint density at radius 1 is 1.43 bits per heavy atom. The molecule has 3 unspecified atom stereocenters. The maximum absolute atomic E-state index is 9.62. The Hall–Kier alpha value is -1.12. The molecule has 1 heterocycles. The Balaban J connectivity index is 1.96. The van der Waals surface area contributed by atoms with Crippen molar-refractivity contribution in [1.82, 2.24) is 0 Å². The summed E-state index contributed by atoms with van der Waals surface area (Å²) >= 11 is 0. The highest BCUT2D eigenvalue weighted by atomic mass is 16.6. The van der Waals surface area contributed by atoms with Crippen LogP contribution in [-0.4, -0.2) is 17.3 Å². The van der Waals surface area contributed by atoms with Gasteiger partial charge in [-0.15, -0.1) is 6.58 Å². The molecule has 1 aliphatic rings. The van der Waals surface area contributed by atoms with Crippen LogP contribution < -0.4 is 0 Å². The van der Waals surface area contributed by atoms with Crippen LogP contribution in [0.25, 0.3) is 0 Å². The van der Waals surface area contributed by atoms with Gasteiger partial charge in [0.2, 0.25) is 0 Å². The van der Waals surface area contributed by atoms with Gasteiger partial charge in [0, 0.05) is 0 Å². The monoisotopic (exact) mass is 190 g/mol. The van der Waals surface area contributed by atoms with Gasteiger partial charge in [0.15, 0.2) is 0 Å². The average Bonchev–Trinajstić information content (AvgIpc) is 2.99. The summed E-state index contributed by atoms with van der Waals surface area (Å²) in [6, 6.07) is 9.97. The van der Waals surface area contributed by atoms with Crippen molar-refractivity contribution in [2.24, 2.45) is 0 Å². The van der Waals surface area contributed by atoms with Gasteiger partial charge >= 0.3 is 0 Å². The van der Waals surface area contributed by atoms with Gasteiger partial charge in [0.1, 0.15) is 12.2 Å². The van der Waals surface area contributed by atoms with Crippen LogP contribution in [0.3, 0.4) is 0 Å². The third-order valence-corrected chi connectivity index (χ3v) is 2.44. The highest BCUT2D eigenvalue weighted by Gasteiger charge is 2.44. The van der Waals surface area contributed by atoms with Crippen molar-refractivity contribution in [3.8, 4) is 0 Å². The third kappa shape index (κ3) is 1.86. The minimum absolute atomic E-state index is 0.0459. The predicted octanol–water partition coefficient (Wildman–Crippen LogP) is 2.06. The van der Waals surface area contributed by atoms with Crippen molar-refractivity contribution in [2.75, 3.05) is 0 Å². The topological polar surface area (TPSA) is 32.8 Å². The molecule has 1 fully saturated rings. The molecule has 0 bridgehead atoms. The first-order valence-corrected chi connectivity index (χ1v) is 4.82. The van der Waals surface area contributed by atoms with Crippen LogP contribution in [0.15, 0.2) is 43.0 Å². The van der Waals surface area contributed by atoms with Gasteiger partial charge in [-0.2, -0.15) is 0 Å². The highest BCUT2D eigenvalue weighted by molar-refractivity contribution is 5.23. The Labute approximate surface area is 83.8 Å². The molecule has 0 amide bonds. The van der Waals surface area contributed by atoms with E-state index in [4.69, 9.17) is 4.74 Å². The number of aliphatic hydroxyl groups is 1. The summed E-state index contributed by atoms with van der Waals surface area (Å²) in [7, 11) is 0. The lowest BCUT2D eigenvalue weighted by atomic mass is 10.1. The fourth-order valence-corrected chi connectivity index (χ4v) is 1.63. The van der Waals surface area contributed by atoms with Crippen LogP contribution in [-0.2, 0) is 4.74 Å². The maximum Gasteiger partial charge on any atom is 0.115 e. The van der Waals surface area contributed by atoms with Gasteiger partial charge in [-0.05, 0) is 12.0 Å². The fraction of sp³-hybridized carbons (Fsp3) is 0.333. The SMILES string of the molecule is C=CCC(O)C1OC1c1ccccc1. The molecule has 2 nitrogen and oxygen atoms in total. The van der Waals surface area contributed by atoms with E-state index >= 15 is 0 Å². The van der Waals surface area contributed by atoms with Gasteiger partial charge in [-0.1, -0.05) is 36.4 Å². The molecule has 1 saturated heterocycles. The summed E-state index contributed by atoms with van der Waals surface area (Å²) in [5.41, 5.74) is 1.14. The number of aliphatic hydroxyl groups excluding tert-OH is 1. The summed E-state index contributed by atoms with van der Waals surface area (Å²) in [4.78, 5) is 0. The molecule has 0 radical (unpaired) electrons. The minimum Gasteiger partial charge on any atom is -0.390 e. The number of hydrogen-bond donors (Lipinski definition) is 1. The van der Waals surface area contributed by atoms with Crippen molar-refractivity contribution in [3.63, 3.8) is 0 Å². The van der Waals surface area contributed by atoms with Crippen LogP contribution in [0.4, 0.5) is 0 Å². The molecule has 0 saturated carbocycles. The molecule has 1 aromatic carbocycles. The molecule has 1 N–H and O–H groups in total. The maximum atomic E-state index is 9.62. The van der Waals surface area contributed by atoms with Crippen molar-refractivity contribution >= 4 is 0 Å². The van der Waals surface area contributed by atoms with Crippen molar-refractivity contribution in [1.29, 1.82) is 0 Å². The Bertz CT molecular complexity index is 307. The summed E-state index contributed by atoms with van der Waals surface area (Å²) in [5.74, 6) is 0. The van der Waals surface area contributed by atoms with Gasteiger partial charge in [0.25, 0.3) is 0 Å². The van der Waals surface area contributed by atoms with E-state index in [1.165, 1.54) is 0 Å². The highest BCUT2D eigenvalue weighted by Crippen LogP contribution is 2.41. The number of epoxide rings is 1. The number of hydrogen-bond acceptors (Lipinski definition) is 2. The standard InChI is InChI=1S/C12H14O2/c1-2-6-10(13)12-11(14-12)9-7-4-3-5-8-9/h2-5,7-8,10-13H,1,6H2. The zero-order chi connectivity index (χ0) is 9.97. The van der Waals surface area contributed by atoms with E-state index in [1.807, 2.05) is 30.3 Å². The lowest BCUT2D eigenvalue weighted by molar-refractivity contribution is 0.138.